The van der Waals surface area contributed by atoms with Crippen molar-refractivity contribution in [2.24, 2.45) is 0 Å². The van der Waals surface area contributed by atoms with Gasteiger partial charge in [-0.3, -0.25) is 4.55 Å². The predicted molar refractivity (Wildman–Crippen MR) is 44.0 cm³/mol. The molecule has 1 rings (SSSR count). The van der Waals surface area contributed by atoms with Crippen molar-refractivity contribution < 1.29 is 23.2 Å². The van der Waals surface area contributed by atoms with E-state index >= 15 is 0 Å². The smallest absolute Gasteiger partial charge is 0.294 e. The Bertz CT molecular complexity index is 411. The van der Waals surface area contributed by atoms with Crippen LogP contribution in [0.25, 0.3) is 0 Å². The summed E-state index contributed by atoms with van der Waals surface area (Å²) in [4.78, 5) is -0.507. The first-order chi connectivity index (χ1) is 5.82. The molecule has 0 aliphatic rings. The Morgan fingerprint density at radius 2 is 1.77 bits per heavy atom. The molecule has 0 atom stereocenters. The first-order valence-electron chi connectivity index (χ1n) is 3.18. The van der Waals surface area contributed by atoms with Crippen molar-refractivity contribution in [2.75, 3.05) is 0 Å². The summed E-state index contributed by atoms with van der Waals surface area (Å²) in [5.74, 6) is -1.15. The number of aromatic hydroxyl groups is 2. The van der Waals surface area contributed by atoms with Crippen molar-refractivity contribution >= 4 is 10.1 Å². The average molecular weight is 203 g/mol. The molecule has 0 aliphatic carbocycles. The predicted octanol–water partition coefficient (Wildman–Crippen LogP) is 0.527. The van der Waals surface area contributed by atoms with Gasteiger partial charge in [0.1, 0.15) is 0 Å². The molecule has 0 saturated heterocycles. The lowest BCUT2D eigenvalue weighted by atomic mass is 10.2. The fourth-order valence-electron chi connectivity index (χ4n) is 0.798. The minimum absolute atomic E-state index is 0.0763. The second kappa shape index (κ2) is 2.90. The summed E-state index contributed by atoms with van der Waals surface area (Å²) in [6, 6.07) is 1.68. The number of phenolic OH excluding ortho intramolecular Hbond substituents is 2. The molecule has 0 aromatic heterocycles. The first-order valence-corrected chi connectivity index (χ1v) is 4.62. The van der Waals surface area contributed by atoms with E-state index in [1.165, 1.54) is 0 Å². The lowest BCUT2D eigenvalue weighted by Gasteiger charge is -2.03. The summed E-state index contributed by atoms with van der Waals surface area (Å²) in [7, 11) is -4.38. The summed E-state index contributed by atoms with van der Waals surface area (Å²) in [6.45, 7) is 3.27. The lowest BCUT2D eigenvalue weighted by molar-refractivity contribution is 0.400. The molecule has 1 radical (unpaired) electrons. The fraction of sp³-hybridized carbons (Fsp3) is 0. The second-order valence-electron chi connectivity index (χ2n) is 2.43. The Kier molecular flexibility index (Phi) is 2.19. The molecular weight excluding hydrogens is 196 g/mol. The monoisotopic (exact) mass is 203 g/mol. The van der Waals surface area contributed by atoms with Gasteiger partial charge in [0, 0.05) is 6.07 Å². The van der Waals surface area contributed by atoms with Gasteiger partial charge in [-0.1, -0.05) is 0 Å². The maximum Gasteiger partial charge on any atom is 0.294 e. The third kappa shape index (κ3) is 1.90. The van der Waals surface area contributed by atoms with Crippen LogP contribution in [0, 0.1) is 6.92 Å². The maximum absolute atomic E-state index is 10.6. The molecule has 0 saturated carbocycles. The molecule has 0 fully saturated rings. The number of hydrogen-bond acceptors (Lipinski definition) is 4. The van der Waals surface area contributed by atoms with Crippen LogP contribution >= 0.6 is 0 Å². The standard InChI is InChI=1S/C7H7O5S/c1-4-2-5(13(10,11)12)3-6(8)7(4)9/h2-3,8-9H,1H2,(H,10,11,12). The van der Waals surface area contributed by atoms with Crippen molar-refractivity contribution in [1.82, 2.24) is 0 Å². The van der Waals surface area contributed by atoms with Gasteiger partial charge in [-0.25, -0.2) is 0 Å². The van der Waals surface area contributed by atoms with E-state index in [1.54, 1.807) is 0 Å². The van der Waals surface area contributed by atoms with Crippen molar-refractivity contribution in [3.63, 3.8) is 0 Å². The zero-order chi connectivity index (χ0) is 10.2. The summed E-state index contributed by atoms with van der Waals surface area (Å²) in [5.41, 5.74) is -0.0763. The zero-order valence-electron chi connectivity index (χ0n) is 6.43. The Labute approximate surface area is 75.0 Å². The first kappa shape index (κ1) is 9.82. The van der Waals surface area contributed by atoms with E-state index in [2.05, 4.69) is 6.92 Å². The minimum Gasteiger partial charge on any atom is -0.504 e. The van der Waals surface area contributed by atoms with Gasteiger partial charge in [-0.05, 0) is 18.6 Å². The lowest BCUT2D eigenvalue weighted by Crippen LogP contribution is -1.98. The molecule has 3 N–H and O–H groups in total. The van der Waals surface area contributed by atoms with Crippen molar-refractivity contribution in [2.45, 2.75) is 4.90 Å². The Morgan fingerprint density at radius 1 is 1.23 bits per heavy atom. The third-order valence-electron chi connectivity index (χ3n) is 1.44. The van der Waals surface area contributed by atoms with Crippen LogP contribution in [0.5, 0.6) is 11.5 Å². The highest BCUT2D eigenvalue weighted by Gasteiger charge is 2.14. The molecule has 0 bridgehead atoms. The Balaban J connectivity index is 3.47. The number of phenols is 2. The van der Waals surface area contributed by atoms with Gasteiger partial charge in [0.15, 0.2) is 11.5 Å². The third-order valence-corrected chi connectivity index (χ3v) is 2.27. The highest BCUT2D eigenvalue weighted by Crippen LogP contribution is 2.31. The molecule has 0 aliphatic heterocycles. The van der Waals surface area contributed by atoms with E-state index in [0.29, 0.717) is 0 Å². The topological polar surface area (TPSA) is 94.8 Å². The van der Waals surface area contributed by atoms with Gasteiger partial charge in [0.2, 0.25) is 0 Å². The molecule has 5 nitrogen and oxygen atoms in total. The molecule has 0 unspecified atom stereocenters. The van der Waals surface area contributed by atoms with E-state index in [0.717, 1.165) is 12.1 Å². The molecule has 0 spiro atoms. The van der Waals surface area contributed by atoms with E-state index in [4.69, 9.17) is 14.8 Å². The zero-order valence-corrected chi connectivity index (χ0v) is 7.24. The van der Waals surface area contributed by atoms with Gasteiger partial charge in [0.25, 0.3) is 10.1 Å². The molecular formula is C7H7O5S. The number of hydrogen-bond donors (Lipinski definition) is 3. The van der Waals surface area contributed by atoms with Gasteiger partial charge >= 0.3 is 0 Å². The molecule has 71 valence electrons. The largest absolute Gasteiger partial charge is 0.504 e. The van der Waals surface area contributed by atoms with Gasteiger partial charge < -0.3 is 10.2 Å². The van der Waals surface area contributed by atoms with Crippen LogP contribution in [0.4, 0.5) is 0 Å². The van der Waals surface area contributed by atoms with Crippen LogP contribution in [-0.4, -0.2) is 23.2 Å². The Hall–Kier alpha value is -1.27. The molecule has 13 heavy (non-hydrogen) atoms. The minimum atomic E-state index is -4.38. The van der Waals surface area contributed by atoms with Crippen molar-refractivity contribution in [3.8, 4) is 11.5 Å². The highest BCUT2D eigenvalue weighted by atomic mass is 32.2. The summed E-state index contributed by atoms with van der Waals surface area (Å²) in [6.07, 6.45) is 0. The van der Waals surface area contributed by atoms with E-state index in [-0.39, 0.29) is 5.56 Å². The molecule has 1 aromatic carbocycles. The molecule has 6 heteroatoms. The molecule has 1 aromatic rings. The number of benzene rings is 1. The summed E-state index contributed by atoms with van der Waals surface area (Å²) in [5, 5.41) is 18.0. The second-order valence-corrected chi connectivity index (χ2v) is 3.85. The van der Waals surface area contributed by atoms with Gasteiger partial charge in [0.05, 0.1) is 4.90 Å². The van der Waals surface area contributed by atoms with Crippen molar-refractivity contribution in [1.29, 1.82) is 0 Å². The van der Waals surface area contributed by atoms with Crippen LogP contribution in [0.15, 0.2) is 17.0 Å². The van der Waals surface area contributed by atoms with E-state index < -0.39 is 26.5 Å². The quantitative estimate of drug-likeness (QED) is 0.457. The normalized spacial score (nSPS) is 11.5. The number of rotatable bonds is 1. The van der Waals surface area contributed by atoms with Crippen LogP contribution in [0.1, 0.15) is 5.56 Å². The fourth-order valence-corrected chi connectivity index (χ4v) is 1.35. The van der Waals surface area contributed by atoms with Crippen molar-refractivity contribution in [3.05, 3.63) is 24.6 Å². The van der Waals surface area contributed by atoms with Crippen LogP contribution in [-0.2, 0) is 10.1 Å². The highest BCUT2D eigenvalue weighted by molar-refractivity contribution is 7.85. The van der Waals surface area contributed by atoms with Crippen LogP contribution < -0.4 is 0 Å². The van der Waals surface area contributed by atoms with E-state index in [9.17, 15) is 8.42 Å². The van der Waals surface area contributed by atoms with Gasteiger partial charge in [-0.15, -0.1) is 0 Å². The van der Waals surface area contributed by atoms with E-state index in [1.807, 2.05) is 0 Å². The van der Waals surface area contributed by atoms with Crippen LogP contribution in [0.2, 0.25) is 0 Å². The van der Waals surface area contributed by atoms with Gasteiger partial charge in [-0.2, -0.15) is 8.42 Å². The SMILES string of the molecule is [CH2]c1cc(S(=O)(=O)O)cc(O)c1O. The Morgan fingerprint density at radius 3 is 2.15 bits per heavy atom. The summed E-state index contributed by atoms with van der Waals surface area (Å²) >= 11 is 0. The summed E-state index contributed by atoms with van der Waals surface area (Å²) < 4.78 is 29.7. The maximum atomic E-state index is 10.6. The average Bonchev–Trinajstić information content (AvgIpc) is 1.97. The van der Waals surface area contributed by atoms with Crippen LogP contribution in [0.3, 0.4) is 0 Å². The molecule has 0 amide bonds. The molecule has 0 heterocycles.